The quantitative estimate of drug-likeness (QED) is 0.133. The molecule has 216 valence electrons. The fourth-order valence-corrected chi connectivity index (χ4v) is 4.74. The monoisotopic (exact) mass is 576 g/mol. The third kappa shape index (κ3) is 6.45. The number of carbonyl (C=O) groups is 2. The minimum atomic E-state index is -0.602. The smallest absolute Gasteiger partial charge is 0.271 e. The van der Waals surface area contributed by atoms with Crippen LogP contribution in [0.2, 0.25) is 0 Å². The van der Waals surface area contributed by atoms with Gasteiger partial charge in [0.05, 0.1) is 11.4 Å². The molecule has 5 rings (SSSR count). The summed E-state index contributed by atoms with van der Waals surface area (Å²) in [5.74, 6) is -0.750. The van der Waals surface area contributed by atoms with Crippen LogP contribution in [0.25, 0.3) is 23.0 Å². The third-order valence-electron chi connectivity index (χ3n) is 7.07. The van der Waals surface area contributed by atoms with Crippen molar-refractivity contribution in [2.45, 2.75) is 20.0 Å². The van der Waals surface area contributed by atoms with E-state index in [-0.39, 0.29) is 30.1 Å². The Labute approximate surface area is 248 Å². The molecule has 0 saturated heterocycles. The largest absolute Gasteiger partial charge is 0.489 e. The molecule has 0 fully saturated rings. The van der Waals surface area contributed by atoms with Crippen LogP contribution in [0.15, 0.2) is 102 Å². The predicted molar refractivity (Wildman–Crippen MR) is 159 cm³/mol. The summed E-state index contributed by atoms with van der Waals surface area (Å²) in [4.78, 5) is 27.6. The van der Waals surface area contributed by atoms with Crippen LogP contribution in [-0.2, 0) is 20.9 Å². The van der Waals surface area contributed by atoms with Crippen LogP contribution in [0.5, 0.6) is 5.75 Å². The molecular weight excluding hydrogens is 547 g/mol. The molecular formula is C34H29FN4O4. The maximum Gasteiger partial charge on any atom is 0.271 e. The van der Waals surface area contributed by atoms with Gasteiger partial charge in [0.15, 0.2) is 0 Å². The highest BCUT2D eigenvalue weighted by Gasteiger charge is 2.35. The molecule has 0 N–H and O–H groups in total. The summed E-state index contributed by atoms with van der Waals surface area (Å²) >= 11 is 0. The number of hydrogen-bond acceptors (Lipinski definition) is 6. The molecule has 0 bridgehead atoms. The maximum atomic E-state index is 13.6. The molecule has 9 heteroatoms. The number of ether oxygens (including phenoxy) is 2. The molecule has 0 radical (unpaired) electrons. The van der Waals surface area contributed by atoms with Crippen LogP contribution < -0.4 is 4.74 Å². The van der Waals surface area contributed by atoms with Gasteiger partial charge in [-0.15, -0.1) is 0 Å². The first kappa shape index (κ1) is 29.2. The van der Waals surface area contributed by atoms with Crippen LogP contribution in [0.4, 0.5) is 4.39 Å². The summed E-state index contributed by atoms with van der Waals surface area (Å²) in [6.07, 6.45) is 3.95. The fraction of sp³-hybridized carbons (Fsp3) is 0.176. The van der Waals surface area contributed by atoms with E-state index in [2.05, 4.69) is 0 Å². The number of carbonyl (C=O) groups excluding carboxylic acids is 2. The number of benzene rings is 3. The molecule has 1 aromatic heterocycles. The number of halogens is 1. The second-order valence-electron chi connectivity index (χ2n) is 9.93. The average Bonchev–Trinajstić information content (AvgIpc) is 3.45. The number of imide groups is 1. The molecule has 43 heavy (non-hydrogen) atoms. The van der Waals surface area contributed by atoms with Gasteiger partial charge in [0.2, 0.25) is 0 Å². The summed E-state index contributed by atoms with van der Waals surface area (Å²) in [7, 11) is 1.55. The van der Waals surface area contributed by atoms with Gasteiger partial charge < -0.3 is 9.47 Å². The predicted octanol–water partition coefficient (Wildman–Crippen LogP) is 5.89. The van der Waals surface area contributed by atoms with Gasteiger partial charge in [-0.2, -0.15) is 10.4 Å². The highest BCUT2D eigenvalue weighted by Crippen LogP contribution is 2.32. The Kier molecular flexibility index (Phi) is 8.89. The van der Waals surface area contributed by atoms with Crippen molar-refractivity contribution in [1.29, 1.82) is 5.26 Å². The van der Waals surface area contributed by atoms with Crippen molar-refractivity contribution < 1.29 is 23.5 Å². The van der Waals surface area contributed by atoms with E-state index in [1.54, 1.807) is 36.9 Å². The number of para-hydroxylation sites is 1. The van der Waals surface area contributed by atoms with Crippen LogP contribution in [0.1, 0.15) is 24.5 Å². The zero-order valence-electron chi connectivity index (χ0n) is 23.8. The van der Waals surface area contributed by atoms with Crippen molar-refractivity contribution in [3.63, 3.8) is 0 Å². The zero-order valence-corrected chi connectivity index (χ0v) is 23.8. The first-order valence-corrected chi connectivity index (χ1v) is 13.7. The van der Waals surface area contributed by atoms with E-state index in [1.165, 1.54) is 12.1 Å². The number of hydrogen-bond donors (Lipinski definition) is 0. The second kappa shape index (κ2) is 13.1. The highest BCUT2D eigenvalue weighted by atomic mass is 19.1. The van der Waals surface area contributed by atoms with Gasteiger partial charge in [-0.05, 0) is 79.1 Å². The van der Waals surface area contributed by atoms with Gasteiger partial charge in [-0.25, -0.2) is 9.07 Å². The molecule has 0 saturated carbocycles. The lowest BCUT2D eigenvalue weighted by molar-refractivity contribution is -0.140. The Bertz CT molecular complexity index is 1730. The molecule has 0 aliphatic carbocycles. The van der Waals surface area contributed by atoms with Gasteiger partial charge in [0, 0.05) is 43.2 Å². The molecule has 3 aromatic carbocycles. The summed E-state index contributed by atoms with van der Waals surface area (Å²) in [5, 5.41) is 14.6. The van der Waals surface area contributed by atoms with Crippen molar-refractivity contribution in [1.82, 2.24) is 14.7 Å². The number of aromatic nitrogens is 2. The molecule has 4 aromatic rings. The standard InChI is InChI=1S/C34H29FN4O4/c1-23-30(33(40)38(17-6-18-42-2)34(41)31(23)20-36)19-26-21-39(28-7-4-3-5-8-28)37-32(26)25-11-15-29(16-12-25)43-22-24-9-13-27(35)14-10-24/h3-5,7-16,19,21H,6,17-18,22H2,1-2H3/b30-19+. The lowest BCUT2D eigenvalue weighted by Crippen LogP contribution is -2.43. The summed E-state index contributed by atoms with van der Waals surface area (Å²) in [6.45, 7) is 2.41. The number of rotatable bonds is 10. The van der Waals surface area contributed by atoms with Crippen molar-refractivity contribution in [2.24, 2.45) is 0 Å². The number of nitrogens with zero attached hydrogens (tertiary/aromatic N) is 4. The Morgan fingerprint density at radius 1 is 0.977 bits per heavy atom. The Morgan fingerprint density at radius 2 is 1.70 bits per heavy atom. The second-order valence-corrected chi connectivity index (χ2v) is 9.93. The van der Waals surface area contributed by atoms with Crippen molar-refractivity contribution in [3.8, 4) is 28.8 Å². The summed E-state index contributed by atoms with van der Waals surface area (Å²) in [5.41, 5.74) is 4.18. The first-order valence-electron chi connectivity index (χ1n) is 13.7. The molecule has 0 atom stereocenters. The third-order valence-corrected chi connectivity index (χ3v) is 7.07. The lowest BCUT2D eigenvalue weighted by atomic mass is 9.93. The Balaban J connectivity index is 1.52. The van der Waals surface area contributed by atoms with Crippen molar-refractivity contribution in [2.75, 3.05) is 20.3 Å². The van der Waals surface area contributed by atoms with Crippen molar-refractivity contribution in [3.05, 3.63) is 119 Å². The summed E-state index contributed by atoms with van der Waals surface area (Å²) in [6, 6.07) is 25.0. The fourth-order valence-electron chi connectivity index (χ4n) is 4.74. The van der Waals surface area contributed by atoms with E-state index in [9.17, 15) is 19.2 Å². The number of nitriles is 1. The molecule has 0 spiro atoms. The molecule has 1 aliphatic heterocycles. The molecule has 1 aliphatic rings. The SMILES string of the molecule is COCCCN1C(=O)C(C#N)=C(C)/C(=C\c2cn(-c3ccccc3)nc2-c2ccc(OCc3ccc(F)cc3)cc2)C1=O. The minimum absolute atomic E-state index is 0.0667. The van der Waals surface area contributed by atoms with Crippen LogP contribution in [-0.4, -0.2) is 46.8 Å². The first-order chi connectivity index (χ1) is 20.9. The van der Waals surface area contributed by atoms with Gasteiger partial charge in [0.25, 0.3) is 11.8 Å². The number of methoxy groups -OCH3 is 1. The van der Waals surface area contributed by atoms with E-state index >= 15 is 0 Å². The van der Waals surface area contributed by atoms with Crippen LogP contribution in [0.3, 0.4) is 0 Å². The van der Waals surface area contributed by atoms with Gasteiger partial charge >= 0.3 is 0 Å². The minimum Gasteiger partial charge on any atom is -0.489 e. The maximum absolute atomic E-state index is 13.6. The average molecular weight is 577 g/mol. The van der Waals surface area contributed by atoms with E-state index < -0.39 is 11.8 Å². The Morgan fingerprint density at radius 3 is 2.37 bits per heavy atom. The van der Waals surface area contributed by atoms with Gasteiger partial charge in [0.1, 0.15) is 29.8 Å². The highest BCUT2D eigenvalue weighted by molar-refractivity contribution is 6.19. The molecule has 2 heterocycles. The number of amides is 2. The lowest BCUT2D eigenvalue weighted by Gasteiger charge is -2.27. The molecule has 2 amide bonds. The van der Waals surface area contributed by atoms with E-state index in [4.69, 9.17) is 14.6 Å². The molecule has 0 unspecified atom stereocenters. The Hall–Kier alpha value is -5.33. The van der Waals surface area contributed by atoms with Gasteiger partial charge in [-0.3, -0.25) is 14.5 Å². The van der Waals surface area contributed by atoms with E-state index in [0.29, 0.717) is 35.6 Å². The van der Waals surface area contributed by atoms with Crippen molar-refractivity contribution >= 4 is 17.9 Å². The van der Waals surface area contributed by atoms with Crippen LogP contribution in [0, 0.1) is 17.1 Å². The van der Waals surface area contributed by atoms with Crippen LogP contribution >= 0.6 is 0 Å². The topological polar surface area (TPSA) is 97.5 Å². The van der Waals surface area contributed by atoms with Gasteiger partial charge in [-0.1, -0.05) is 30.3 Å². The van der Waals surface area contributed by atoms with E-state index in [1.807, 2.05) is 66.9 Å². The molecule has 8 nitrogen and oxygen atoms in total. The van der Waals surface area contributed by atoms with E-state index in [0.717, 1.165) is 21.7 Å². The zero-order chi connectivity index (χ0) is 30.3. The normalized spacial score (nSPS) is 14.4. The summed E-state index contributed by atoms with van der Waals surface area (Å²) < 4.78 is 25.9.